The molecule has 24 heavy (non-hydrogen) atoms. The number of hydrogen-bond acceptors (Lipinski definition) is 4. The predicted octanol–water partition coefficient (Wildman–Crippen LogP) is 4.60. The van der Waals surface area contributed by atoms with Gasteiger partial charge < -0.3 is 15.5 Å². The van der Waals surface area contributed by atoms with E-state index in [2.05, 4.69) is 46.7 Å². The fraction of sp³-hybridized carbons (Fsp3) is 0.278. The minimum absolute atomic E-state index is 0.395. The molecule has 4 nitrogen and oxygen atoms in total. The highest BCUT2D eigenvalue weighted by Crippen LogP contribution is 2.40. The van der Waals surface area contributed by atoms with Gasteiger partial charge in [0.25, 0.3) is 0 Å². The van der Waals surface area contributed by atoms with Gasteiger partial charge >= 0.3 is 0 Å². The molecule has 3 aromatic rings. The number of aromatic nitrogens is 1. The number of nitrogens with zero attached hydrogens (tertiary/aromatic N) is 1. The summed E-state index contributed by atoms with van der Waals surface area (Å²) < 4.78 is 4.74. The molecule has 2 aromatic heterocycles. The van der Waals surface area contributed by atoms with E-state index in [-0.39, 0.29) is 0 Å². The maximum Gasteiger partial charge on any atom is 0.117 e. The summed E-state index contributed by atoms with van der Waals surface area (Å²) in [7, 11) is 0. The third-order valence-corrected chi connectivity index (χ3v) is 6.46. The Morgan fingerprint density at radius 3 is 2.79 bits per heavy atom. The van der Waals surface area contributed by atoms with Gasteiger partial charge in [-0.3, -0.25) is 4.98 Å². The average molecular weight is 456 g/mol. The van der Waals surface area contributed by atoms with Crippen LogP contribution in [0.4, 0.5) is 0 Å². The van der Waals surface area contributed by atoms with Gasteiger partial charge in [-0.05, 0) is 49.7 Å². The first kappa shape index (κ1) is 17.7. The molecule has 3 N–H and O–H groups in total. The lowest BCUT2D eigenvalue weighted by molar-refractivity contribution is 0.295. The van der Waals surface area contributed by atoms with Crippen LogP contribution in [0.1, 0.15) is 25.2 Å². The minimum Gasteiger partial charge on any atom is -0.468 e. The number of nitrogens with one attached hydrogen (secondary N) is 1. The zero-order valence-corrected chi connectivity index (χ0v) is 16.4. The fourth-order valence-electron chi connectivity index (χ4n) is 2.63. The normalized spacial score (nSPS) is 14.7. The second kappa shape index (κ2) is 6.63. The number of hydrogen-bond donors (Lipinski definition) is 2. The van der Waals surface area contributed by atoms with Crippen molar-refractivity contribution in [3.8, 4) is 0 Å². The summed E-state index contributed by atoms with van der Waals surface area (Å²) in [5, 5.41) is 5.17. The highest BCUT2D eigenvalue weighted by atomic mass is 127. The number of pyridine rings is 1. The molecule has 0 fully saturated rings. The van der Waals surface area contributed by atoms with Gasteiger partial charge in [-0.1, -0.05) is 40.3 Å². The summed E-state index contributed by atoms with van der Waals surface area (Å²) in [4.78, 5) is 4.41. The van der Waals surface area contributed by atoms with E-state index in [9.17, 15) is 0 Å². The van der Waals surface area contributed by atoms with Gasteiger partial charge in [0, 0.05) is 22.1 Å². The van der Waals surface area contributed by atoms with E-state index in [1.165, 1.54) is 0 Å². The van der Waals surface area contributed by atoms with Crippen LogP contribution in [0.2, 0.25) is 5.02 Å². The van der Waals surface area contributed by atoms with E-state index in [0.717, 1.165) is 22.2 Å². The Hall–Kier alpha value is -1.15. The molecule has 2 heterocycles. The first-order valence-electron chi connectivity index (χ1n) is 7.61. The second-order valence-corrected chi connectivity index (χ2v) is 8.43. The molecule has 0 bridgehead atoms. The van der Waals surface area contributed by atoms with Gasteiger partial charge in [0.2, 0.25) is 0 Å². The van der Waals surface area contributed by atoms with Crippen LogP contribution in [-0.2, 0) is 10.1 Å². The van der Waals surface area contributed by atoms with Crippen molar-refractivity contribution in [3.63, 3.8) is 0 Å². The molecular formula is C18H19ClIN3O. The molecule has 0 aliphatic rings. The standard InChI is InChI=1S/C18H19ClIN3O/c1-17(2,23-11-13-4-3-9-24-13)18(20,21)15-7-8-22-16-10-12(19)5-6-14(15)16/h3-10,23H,11,21H2,1-2H3. The van der Waals surface area contributed by atoms with Crippen LogP contribution < -0.4 is 11.1 Å². The quantitative estimate of drug-likeness (QED) is 0.335. The molecule has 0 saturated carbocycles. The van der Waals surface area contributed by atoms with Crippen molar-refractivity contribution in [1.82, 2.24) is 10.3 Å². The maximum absolute atomic E-state index is 6.79. The van der Waals surface area contributed by atoms with Crippen LogP contribution in [0.25, 0.3) is 10.9 Å². The summed E-state index contributed by atoms with van der Waals surface area (Å²) in [6.07, 6.45) is 3.45. The smallest absolute Gasteiger partial charge is 0.117 e. The van der Waals surface area contributed by atoms with Crippen LogP contribution in [0.15, 0.2) is 53.3 Å². The van der Waals surface area contributed by atoms with Gasteiger partial charge in [0.1, 0.15) is 9.31 Å². The third kappa shape index (κ3) is 3.31. The molecule has 126 valence electrons. The fourth-order valence-corrected chi connectivity index (χ4v) is 3.45. The first-order chi connectivity index (χ1) is 11.3. The van der Waals surface area contributed by atoms with E-state index in [0.29, 0.717) is 11.6 Å². The van der Waals surface area contributed by atoms with Crippen molar-refractivity contribution in [1.29, 1.82) is 0 Å². The lowest BCUT2D eigenvalue weighted by Gasteiger charge is -2.41. The lowest BCUT2D eigenvalue weighted by Crippen LogP contribution is -2.58. The summed E-state index contributed by atoms with van der Waals surface area (Å²) >= 11 is 8.39. The summed E-state index contributed by atoms with van der Waals surface area (Å²) in [6, 6.07) is 11.5. The van der Waals surface area contributed by atoms with Crippen LogP contribution in [-0.4, -0.2) is 10.5 Å². The Morgan fingerprint density at radius 1 is 1.29 bits per heavy atom. The average Bonchev–Trinajstić information content (AvgIpc) is 3.05. The Morgan fingerprint density at radius 2 is 2.08 bits per heavy atom. The number of furan rings is 1. The Labute approximate surface area is 159 Å². The number of halogens is 2. The van der Waals surface area contributed by atoms with E-state index >= 15 is 0 Å². The zero-order valence-electron chi connectivity index (χ0n) is 13.5. The molecule has 0 spiro atoms. The van der Waals surface area contributed by atoms with Crippen LogP contribution in [0.3, 0.4) is 0 Å². The molecule has 0 radical (unpaired) electrons. The molecule has 6 heteroatoms. The van der Waals surface area contributed by atoms with Gasteiger partial charge in [-0.2, -0.15) is 0 Å². The topological polar surface area (TPSA) is 64.1 Å². The third-order valence-electron chi connectivity index (χ3n) is 4.29. The van der Waals surface area contributed by atoms with Crippen molar-refractivity contribution in [2.24, 2.45) is 5.73 Å². The number of alkyl halides is 1. The molecule has 0 saturated heterocycles. The number of nitrogens with two attached hydrogens (primary N) is 1. The molecule has 1 atom stereocenters. The number of benzene rings is 1. The van der Waals surface area contributed by atoms with Crippen LogP contribution in [0, 0.1) is 0 Å². The molecule has 0 aliphatic heterocycles. The zero-order chi connectivity index (χ0) is 17.4. The second-order valence-electron chi connectivity index (χ2n) is 6.29. The molecule has 0 amide bonds. The first-order valence-corrected chi connectivity index (χ1v) is 9.07. The van der Waals surface area contributed by atoms with Crippen molar-refractivity contribution >= 4 is 45.1 Å². The predicted molar refractivity (Wildman–Crippen MR) is 106 cm³/mol. The maximum atomic E-state index is 6.79. The molecule has 0 aliphatic carbocycles. The summed E-state index contributed by atoms with van der Waals surface area (Å²) in [5.74, 6) is 0.877. The number of fused-ring (bicyclic) bond motifs is 1. The highest BCUT2D eigenvalue weighted by Gasteiger charge is 2.42. The van der Waals surface area contributed by atoms with E-state index in [4.69, 9.17) is 21.8 Å². The molecular weight excluding hydrogens is 437 g/mol. The van der Waals surface area contributed by atoms with Crippen molar-refractivity contribution < 1.29 is 4.42 Å². The van der Waals surface area contributed by atoms with Gasteiger partial charge in [-0.25, -0.2) is 0 Å². The van der Waals surface area contributed by atoms with Gasteiger partial charge in [0.05, 0.1) is 18.3 Å². The van der Waals surface area contributed by atoms with E-state index < -0.39 is 9.08 Å². The van der Waals surface area contributed by atoms with Crippen LogP contribution in [0.5, 0.6) is 0 Å². The largest absolute Gasteiger partial charge is 0.468 e. The molecule has 1 unspecified atom stereocenters. The Balaban J connectivity index is 1.96. The minimum atomic E-state index is -0.660. The van der Waals surface area contributed by atoms with Crippen molar-refractivity contribution in [2.75, 3.05) is 0 Å². The number of rotatable bonds is 5. The highest BCUT2D eigenvalue weighted by molar-refractivity contribution is 14.1. The SMILES string of the molecule is CC(C)(NCc1ccco1)C(N)(I)c1ccnc2cc(Cl)ccc12. The van der Waals surface area contributed by atoms with Crippen molar-refractivity contribution in [3.05, 3.63) is 65.2 Å². The molecule has 1 aromatic carbocycles. The molecule has 3 rings (SSSR count). The lowest BCUT2D eigenvalue weighted by atomic mass is 9.87. The van der Waals surface area contributed by atoms with E-state index in [1.54, 1.807) is 12.5 Å². The van der Waals surface area contributed by atoms with Gasteiger partial charge in [-0.15, -0.1) is 0 Å². The van der Waals surface area contributed by atoms with Crippen molar-refractivity contribution in [2.45, 2.75) is 29.5 Å². The monoisotopic (exact) mass is 455 g/mol. The Bertz CT molecular complexity index is 847. The van der Waals surface area contributed by atoms with E-state index in [1.807, 2.05) is 36.4 Å². The summed E-state index contributed by atoms with van der Waals surface area (Å²) in [5.41, 5.74) is 8.25. The van der Waals surface area contributed by atoms with Gasteiger partial charge in [0.15, 0.2) is 0 Å². The summed E-state index contributed by atoms with van der Waals surface area (Å²) in [6.45, 7) is 4.78. The van der Waals surface area contributed by atoms with Crippen LogP contribution >= 0.6 is 34.2 Å². The Kier molecular flexibility index (Phi) is 4.88.